The van der Waals surface area contributed by atoms with Gasteiger partial charge in [-0.25, -0.2) is 0 Å². The van der Waals surface area contributed by atoms with Crippen LogP contribution in [-0.4, -0.2) is 46.8 Å². The fourth-order valence-electron chi connectivity index (χ4n) is 2.75. The Labute approximate surface area is 117 Å². The molecule has 0 spiro atoms. The van der Waals surface area contributed by atoms with Gasteiger partial charge in [-0.1, -0.05) is 6.92 Å². The van der Waals surface area contributed by atoms with Crippen molar-refractivity contribution < 1.29 is 9.59 Å². The Kier molecular flexibility index (Phi) is 5.39. The maximum absolute atomic E-state index is 12.2. The molecule has 4 heteroatoms. The molecule has 0 saturated carbocycles. The van der Waals surface area contributed by atoms with Crippen molar-refractivity contribution in [1.82, 2.24) is 9.80 Å². The number of amides is 2. The summed E-state index contributed by atoms with van der Waals surface area (Å²) in [6.45, 7) is 12.0. The van der Waals surface area contributed by atoms with Crippen LogP contribution in [0.2, 0.25) is 0 Å². The van der Waals surface area contributed by atoms with Crippen LogP contribution in [0.25, 0.3) is 0 Å². The highest BCUT2D eigenvalue weighted by Crippen LogP contribution is 2.18. The molecule has 0 bridgehead atoms. The number of carbonyl (C=O) groups is 2. The van der Waals surface area contributed by atoms with Crippen LogP contribution in [0.1, 0.15) is 53.9 Å². The molecular weight excluding hydrogens is 240 g/mol. The largest absolute Gasteiger partial charge is 0.342 e. The van der Waals surface area contributed by atoms with Gasteiger partial charge < -0.3 is 9.80 Å². The number of nitrogens with zero attached hydrogens (tertiary/aromatic N) is 2. The summed E-state index contributed by atoms with van der Waals surface area (Å²) in [7, 11) is 0. The van der Waals surface area contributed by atoms with Gasteiger partial charge in [-0.2, -0.15) is 0 Å². The summed E-state index contributed by atoms with van der Waals surface area (Å²) in [5.74, 6) is 0.818. The molecule has 1 heterocycles. The molecule has 19 heavy (non-hydrogen) atoms. The van der Waals surface area contributed by atoms with Gasteiger partial charge in [0.15, 0.2) is 0 Å². The van der Waals surface area contributed by atoms with E-state index in [2.05, 4.69) is 6.92 Å². The fraction of sp³-hybridized carbons (Fsp3) is 0.867. The van der Waals surface area contributed by atoms with Crippen molar-refractivity contribution in [3.63, 3.8) is 0 Å². The highest BCUT2D eigenvalue weighted by atomic mass is 16.2. The van der Waals surface area contributed by atoms with E-state index in [1.54, 1.807) is 11.8 Å². The predicted octanol–water partition coefficient (Wildman–Crippen LogP) is 2.28. The lowest BCUT2D eigenvalue weighted by Gasteiger charge is -2.36. The maximum Gasteiger partial charge on any atom is 0.224 e. The van der Waals surface area contributed by atoms with E-state index in [1.807, 2.05) is 25.7 Å². The predicted molar refractivity (Wildman–Crippen MR) is 76.7 cm³/mol. The minimum absolute atomic E-state index is 0.0345. The minimum Gasteiger partial charge on any atom is -0.342 e. The summed E-state index contributed by atoms with van der Waals surface area (Å²) in [5.41, 5.74) is -0.221. The molecule has 4 nitrogen and oxygen atoms in total. The van der Waals surface area contributed by atoms with Crippen molar-refractivity contribution in [3.05, 3.63) is 0 Å². The number of rotatable bonds is 3. The number of hydrogen-bond acceptors (Lipinski definition) is 2. The van der Waals surface area contributed by atoms with E-state index in [4.69, 9.17) is 0 Å². The van der Waals surface area contributed by atoms with E-state index in [-0.39, 0.29) is 17.4 Å². The smallest absolute Gasteiger partial charge is 0.224 e. The van der Waals surface area contributed by atoms with Crippen LogP contribution < -0.4 is 0 Å². The Morgan fingerprint density at radius 3 is 2.42 bits per heavy atom. The zero-order valence-corrected chi connectivity index (χ0v) is 13.0. The van der Waals surface area contributed by atoms with Crippen molar-refractivity contribution in [2.45, 2.75) is 59.4 Å². The van der Waals surface area contributed by atoms with Gasteiger partial charge in [0.1, 0.15) is 0 Å². The van der Waals surface area contributed by atoms with E-state index in [0.29, 0.717) is 18.9 Å². The first-order valence-electron chi connectivity index (χ1n) is 7.28. The third-order valence-corrected chi connectivity index (χ3v) is 3.75. The van der Waals surface area contributed by atoms with Crippen LogP contribution in [0.4, 0.5) is 0 Å². The molecule has 1 unspecified atom stereocenters. The molecule has 2 amide bonds. The number of hydrogen-bond donors (Lipinski definition) is 0. The van der Waals surface area contributed by atoms with Crippen LogP contribution in [0, 0.1) is 5.92 Å². The molecule has 0 aliphatic carbocycles. The van der Waals surface area contributed by atoms with Gasteiger partial charge in [-0.3, -0.25) is 9.59 Å². The quantitative estimate of drug-likeness (QED) is 0.788. The van der Waals surface area contributed by atoms with E-state index >= 15 is 0 Å². The van der Waals surface area contributed by atoms with Crippen LogP contribution in [0.15, 0.2) is 0 Å². The molecule has 0 radical (unpaired) electrons. The van der Waals surface area contributed by atoms with Crippen LogP contribution >= 0.6 is 0 Å². The van der Waals surface area contributed by atoms with Gasteiger partial charge in [0, 0.05) is 38.5 Å². The summed E-state index contributed by atoms with van der Waals surface area (Å²) in [5, 5.41) is 0. The fourth-order valence-corrected chi connectivity index (χ4v) is 2.75. The van der Waals surface area contributed by atoms with Gasteiger partial charge in [0.2, 0.25) is 11.8 Å². The molecule has 1 atom stereocenters. The molecule has 0 N–H and O–H groups in total. The summed E-state index contributed by atoms with van der Waals surface area (Å²) >= 11 is 0. The van der Waals surface area contributed by atoms with Crippen molar-refractivity contribution in [3.8, 4) is 0 Å². The van der Waals surface area contributed by atoms with Crippen molar-refractivity contribution >= 4 is 11.8 Å². The summed E-state index contributed by atoms with van der Waals surface area (Å²) < 4.78 is 0. The summed E-state index contributed by atoms with van der Waals surface area (Å²) in [6, 6.07) is 0. The Morgan fingerprint density at radius 1 is 1.32 bits per heavy atom. The molecule has 0 aromatic rings. The van der Waals surface area contributed by atoms with Crippen LogP contribution in [-0.2, 0) is 9.59 Å². The van der Waals surface area contributed by atoms with Gasteiger partial charge in [0.05, 0.1) is 0 Å². The van der Waals surface area contributed by atoms with Crippen LogP contribution in [0.5, 0.6) is 0 Å². The SMILES string of the molecule is CC(=O)N(CCC(=O)N1CCCC(C)C1)C(C)(C)C. The third kappa shape index (κ3) is 4.84. The monoisotopic (exact) mass is 268 g/mol. The summed E-state index contributed by atoms with van der Waals surface area (Å²) in [6.07, 6.45) is 2.75. The topological polar surface area (TPSA) is 40.6 Å². The third-order valence-electron chi connectivity index (χ3n) is 3.75. The highest BCUT2D eigenvalue weighted by molar-refractivity contribution is 5.78. The van der Waals surface area contributed by atoms with Gasteiger partial charge in [-0.15, -0.1) is 0 Å². The summed E-state index contributed by atoms with van der Waals surface area (Å²) in [4.78, 5) is 27.5. The maximum atomic E-state index is 12.2. The molecule has 1 fully saturated rings. The molecule has 1 aliphatic rings. The van der Waals surface area contributed by atoms with Crippen molar-refractivity contribution in [2.24, 2.45) is 5.92 Å². The average molecular weight is 268 g/mol. The zero-order chi connectivity index (χ0) is 14.6. The second kappa shape index (κ2) is 6.40. The lowest BCUT2D eigenvalue weighted by atomic mass is 10.00. The lowest BCUT2D eigenvalue weighted by Crippen LogP contribution is -2.47. The van der Waals surface area contributed by atoms with E-state index < -0.39 is 0 Å². The Hall–Kier alpha value is -1.06. The normalized spacial score (nSPS) is 20.3. The van der Waals surface area contributed by atoms with Crippen molar-refractivity contribution in [1.29, 1.82) is 0 Å². The molecule has 0 aromatic carbocycles. The molecule has 1 aliphatic heterocycles. The standard InChI is InChI=1S/C15H28N2O2/c1-12-7-6-9-16(11-12)14(19)8-10-17(13(2)18)15(3,4)5/h12H,6-11H2,1-5H3. The number of piperidine rings is 1. The van der Waals surface area contributed by atoms with Crippen LogP contribution in [0.3, 0.4) is 0 Å². The first kappa shape index (κ1) is 16.0. The van der Waals surface area contributed by atoms with E-state index in [9.17, 15) is 9.59 Å². The van der Waals surface area contributed by atoms with E-state index in [1.165, 1.54) is 6.42 Å². The first-order chi connectivity index (χ1) is 8.71. The Balaban J connectivity index is 2.50. The Bertz CT molecular complexity index is 334. The second-order valence-corrected chi connectivity index (χ2v) is 6.68. The Morgan fingerprint density at radius 2 is 1.95 bits per heavy atom. The molecule has 0 aromatic heterocycles. The number of likely N-dealkylation sites (tertiary alicyclic amines) is 1. The van der Waals surface area contributed by atoms with Gasteiger partial charge in [-0.05, 0) is 39.5 Å². The van der Waals surface area contributed by atoms with E-state index in [0.717, 1.165) is 19.5 Å². The highest BCUT2D eigenvalue weighted by Gasteiger charge is 2.26. The molecular formula is C15H28N2O2. The molecule has 1 saturated heterocycles. The van der Waals surface area contributed by atoms with Gasteiger partial charge in [0.25, 0.3) is 0 Å². The molecule has 1 rings (SSSR count). The minimum atomic E-state index is -0.221. The van der Waals surface area contributed by atoms with Crippen molar-refractivity contribution in [2.75, 3.05) is 19.6 Å². The first-order valence-corrected chi connectivity index (χ1v) is 7.28. The number of carbonyl (C=O) groups excluding carboxylic acids is 2. The molecule has 110 valence electrons. The lowest BCUT2D eigenvalue weighted by molar-refractivity contribution is -0.137. The zero-order valence-electron chi connectivity index (χ0n) is 13.0. The second-order valence-electron chi connectivity index (χ2n) is 6.68. The average Bonchev–Trinajstić information content (AvgIpc) is 2.26. The van der Waals surface area contributed by atoms with Gasteiger partial charge >= 0.3 is 0 Å².